The van der Waals surface area contributed by atoms with Crippen LogP contribution < -0.4 is 11.1 Å². The Balaban J connectivity index is 0.000000980. The van der Waals surface area contributed by atoms with Gasteiger partial charge in [0, 0.05) is 25.0 Å². The van der Waals surface area contributed by atoms with E-state index in [0.29, 0.717) is 6.04 Å². The van der Waals surface area contributed by atoms with E-state index in [1.54, 1.807) is 0 Å². The number of nitrogens with one attached hydrogen (secondary N) is 1. The van der Waals surface area contributed by atoms with Gasteiger partial charge in [0.05, 0.1) is 0 Å². The van der Waals surface area contributed by atoms with E-state index in [4.69, 9.17) is 5.73 Å². The van der Waals surface area contributed by atoms with E-state index >= 15 is 0 Å². The van der Waals surface area contributed by atoms with Gasteiger partial charge in [-0.2, -0.15) is 0 Å². The molecule has 2 aliphatic rings. The van der Waals surface area contributed by atoms with Gasteiger partial charge in [-0.05, 0) is 25.9 Å². The van der Waals surface area contributed by atoms with Crippen molar-refractivity contribution in [1.29, 1.82) is 0 Å². The van der Waals surface area contributed by atoms with Crippen LogP contribution in [0.3, 0.4) is 0 Å². The summed E-state index contributed by atoms with van der Waals surface area (Å²) in [5.74, 6) is 0.00988. The topological polar surface area (TPSA) is 58.4 Å². The molecule has 4 nitrogen and oxygen atoms in total. The second-order valence-corrected chi connectivity index (χ2v) is 4.02. The minimum atomic E-state index is -0.119. The van der Waals surface area contributed by atoms with Gasteiger partial charge in [0.15, 0.2) is 0 Å². The monoisotopic (exact) mass is 255 g/mol. The molecular formula is C9H19Cl2N3O. The lowest BCUT2D eigenvalue weighted by atomic mass is 9.94. The Kier molecular flexibility index (Phi) is 6.52. The predicted octanol–water partition coefficient (Wildman–Crippen LogP) is -0.000900. The zero-order valence-electron chi connectivity index (χ0n) is 8.65. The van der Waals surface area contributed by atoms with Gasteiger partial charge in [-0.15, -0.1) is 24.8 Å². The minimum absolute atomic E-state index is 0. The quantitative estimate of drug-likeness (QED) is 0.731. The second-order valence-electron chi connectivity index (χ2n) is 4.02. The molecular weight excluding hydrogens is 237 g/mol. The molecule has 0 aromatic carbocycles. The van der Waals surface area contributed by atoms with Gasteiger partial charge in [0.1, 0.15) is 0 Å². The van der Waals surface area contributed by atoms with Crippen molar-refractivity contribution in [1.82, 2.24) is 10.2 Å². The molecule has 2 rings (SSSR count). The molecule has 0 aromatic rings. The SMILES string of the molecule is Cl.Cl.NC(=O)C1CCN(C2CNC2)CC1. The number of carbonyl (C=O) groups excluding carboxylic acids is 1. The van der Waals surface area contributed by atoms with Crippen molar-refractivity contribution in [3.63, 3.8) is 0 Å². The fraction of sp³-hybridized carbons (Fsp3) is 0.889. The van der Waals surface area contributed by atoms with Crippen LogP contribution in [-0.2, 0) is 4.79 Å². The van der Waals surface area contributed by atoms with Crippen LogP contribution >= 0.6 is 24.8 Å². The molecule has 2 fully saturated rings. The lowest BCUT2D eigenvalue weighted by Gasteiger charge is -2.41. The number of nitrogens with zero attached hydrogens (tertiary/aromatic N) is 1. The third kappa shape index (κ3) is 3.48. The summed E-state index contributed by atoms with van der Waals surface area (Å²) in [5, 5.41) is 3.26. The number of carbonyl (C=O) groups is 1. The summed E-state index contributed by atoms with van der Waals surface area (Å²) in [6, 6.07) is 0.717. The van der Waals surface area contributed by atoms with Crippen LogP contribution in [0.5, 0.6) is 0 Å². The zero-order chi connectivity index (χ0) is 9.26. The molecule has 0 spiro atoms. The largest absolute Gasteiger partial charge is 0.369 e. The van der Waals surface area contributed by atoms with E-state index in [1.165, 1.54) is 0 Å². The molecule has 6 heteroatoms. The normalized spacial score (nSPS) is 23.5. The van der Waals surface area contributed by atoms with Crippen LogP contribution in [0.15, 0.2) is 0 Å². The smallest absolute Gasteiger partial charge is 0.220 e. The van der Waals surface area contributed by atoms with Gasteiger partial charge < -0.3 is 11.1 Å². The number of amides is 1. The Morgan fingerprint density at radius 2 is 1.73 bits per heavy atom. The lowest BCUT2D eigenvalue weighted by molar-refractivity contribution is -0.123. The summed E-state index contributed by atoms with van der Waals surface area (Å²) in [6.07, 6.45) is 1.90. The molecule has 0 aromatic heterocycles. The molecule has 3 N–H and O–H groups in total. The highest BCUT2D eigenvalue weighted by molar-refractivity contribution is 5.85. The van der Waals surface area contributed by atoms with Crippen LogP contribution in [-0.4, -0.2) is 43.0 Å². The Morgan fingerprint density at radius 3 is 2.07 bits per heavy atom. The molecule has 90 valence electrons. The van der Waals surface area contributed by atoms with E-state index < -0.39 is 0 Å². The molecule has 0 saturated carbocycles. The summed E-state index contributed by atoms with van der Waals surface area (Å²) < 4.78 is 0. The molecule has 0 bridgehead atoms. The van der Waals surface area contributed by atoms with Crippen molar-refractivity contribution in [2.24, 2.45) is 11.7 Å². The minimum Gasteiger partial charge on any atom is -0.369 e. The first-order valence-corrected chi connectivity index (χ1v) is 5.01. The van der Waals surface area contributed by atoms with Crippen LogP contribution in [0.2, 0.25) is 0 Å². The Hall–Kier alpha value is -0.0300. The Bertz CT molecular complexity index is 204. The van der Waals surface area contributed by atoms with Crippen molar-refractivity contribution in [2.45, 2.75) is 18.9 Å². The van der Waals surface area contributed by atoms with E-state index in [0.717, 1.165) is 39.0 Å². The van der Waals surface area contributed by atoms with Gasteiger partial charge in [-0.1, -0.05) is 0 Å². The average Bonchev–Trinajstić information content (AvgIpc) is 2.02. The third-order valence-electron chi connectivity index (χ3n) is 3.21. The number of rotatable bonds is 2. The van der Waals surface area contributed by atoms with Crippen molar-refractivity contribution >= 4 is 30.7 Å². The zero-order valence-corrected chi connectivity index (χ0v) is 10.3. The standard InChI is InChI=1S/C9H17N3O.2ClH/c10-9(13)7-1-3-12(4-2-7)8-5-11-6-8;;/h7-8,11H,1-6H2,(H2,10,13);2*1H. The van der Waals surface area contributed by atoms with Crippen LogP contribution in [0, 0.1) is 5.92 Å². The molecule has 0 atom stereocenters. The highest BCUT2D eigenvalue weighted by atomic mass is 35.5. The predicted molar refractivity (Wildman–Crippen MR) is 64.6 cm³/mol. The van der Waals surface area contributed by atoms with Crippen LogP contribution in [0.4, 0.5) is 0 Å². The number of likely N-dealkylation sites (tertiary alicyclic amines) is 1. The average molecular weight is 256 g/mol. The van der Waals surface area contributed by atoms with Gasteiger partial charge >= 0.3 is 0 Å². The van der Waals surface area contributed by atoms with Gasteiger partial charge in [-0.25, -0.2) is 0 Å². The van der Waals surface area contributed by atoms with E-state index in [2.05, 4.69) is 10.2 Å². The van der Waals surface area contributed by atoms with Crippen molar-refractivity contribution in [3.05, 3.63) is 0 Å². The third-order valence-corrected chi connectivity index (χ3v) is 3.21. The summed E-state index contributed by atoms with van der Waals surface area (Å²) >= 11 is 0. The van der Waals surface area contributed by atoms with E-state index in [1.807, 2.05) is 0 Å². The number of halogens is 2. The fourth-order valence-electron chi connectivity index (χ4n) is 2.08. The Labute approximate surface area is 103 Å². The first-order valence-electron chi connectivity index (χ1n) is 5.01. The highest BCUT2D eigenvalue weighted by Crippen LogP contribution is 2.19. The number of primary amides is 1. The number of piperidine rings is 1. The van der Waals surface area contributed by atoms with E-state index in [-0.39, 0.29) is 36.6 Å². The first kappa shape index (κ1) is 15.0. The summed E-state index contributed by atoms with van der Waals surface area (Å²) in [4.78, 5) is 13.4. The molecule has 15 heavy (non-hydrogen) atoms. The van der Waals surface area contributed by atoms with E-state index in [9.17, 15) is 4.79 Å². The Morgan fingerprint density at radius 1 is 1.20 bits per heavy atom. The van der Waals surface area contributed by atoms with Crippen molar-refractivity contribution in [2.75, 3.05) is 26.2 Å². The van der Waals surface area contributed by atoms with Crippen LogP contribution in [0.1, 0.15) is 12.8 Å². The molecule has 2 heterocycles. The van der Waals surface area contributed by atoms with Gasteiger partial charge in [-0.3, -0.25) is 9.69 Å². The molecule has 0 radical (unpaired) electrons. The summed E-state index contributed by atoms with van der Waals surface area (Å²) in [7, 11) is 0. The lowest BCUT2D eigenvalue weighted by Crippen LogP contribution is -2.59. The second kappa shape index (κ2) is 6.53. The maximum atomic E-state index is 10.9. The summed E-state index contributed by atoms with van der Waals surface area (Å²) in [5.41, 5.74) is 5.27. The molecule has 0 unspecified atom stereocenters. The number of nitrogens with two attached hydrogens (primary N) is 1. The first-order chi connectivity index (χ1) is 6.27. The number of hydrogen-bond acceptors (Lipinski definition) is 3. The van der Waals surface area contributed by atoms with Gasteiger partial charge in [0.2, 0.25) is 5.91 Å². The molecule has 2 aliphatic heterocycles. The van der Waals surface area contributed by atoms with Crippen molar-refractivity contribution in [3.8, 4) is 0 Å². The van der Waals surface area contributed by atoms with Gasteiger partial charge in [0.25, 0.3) is 0 Å². The van der Waals surface area contributed by atoms with Crippen molar-refractivity contribution < 1.29 is 4.79 Å². The summed E-state index contributed by atoms with van der Waals surface area (Å²) in [6.45, 7) is 4.31. The molecule has 2 saturated heterocycles. The molecule has 0 aliphatic carbocycles. The highest BCUT2D eigenvalue weighted by Gasteiger charge is 2.29. The molecule has 1 amide bonds. The maximum Gasteiger partial charge on any atom is 0.220 e. The maximum absolute atomic E-state index is 10.9. The number of hydrogen-bond donors (Lipinski definition) is 2. The van der Waals surface area contributed by atoms with Crippen LogP contribution in [0.25, 0.3) is 0 Å². The fourth-order valence-corrected chi connectivity index (χ4v) is 2.08.